The van der Waals surface area contributed by atoms with Crippen LogP contribution in [0.2, 0.25) is 10.0 Å². The van der Waals surface area contributed by atoms with Gasteiger partial charge >= 0.3 is 6.09 Å². The van der Waals surface area contributed by atoms with E-state index in [0.717, 1.165) is 5.56 Å². The lowest BCUT2D eigenvalue weighted by Crippen LogP contribution is -2.39. The molecule has 1 fully saturated rings. The van der Waals surface area contributed by atoms with Crippen molar-refractivity contribution in [2.75, 3.05) is 13.7 Å². The molecule has 0 radical (unpaired) electrons. The van der Waals surface area contributed by atoms with Crippen molar-refractivity contribution >= 4 is 29.3 Å². The standard InChI is InChI=1S/C18H23Cl2NO3/c1-6-12-9-11(10-21(12)17(22)24-18(2,3)4)15-14(23-5)8-7-13(19)16(15)20/h6-8,11-12H,1,9-10H2,2-5H3/t11-,12+/m0/s1. The van der Waals surface area contributed by atoms with E-state index in [1.54, 1.807) is 30.2 Å². The third-order valence-electron chi connectivity index (χ3n) is 3.96. The molecule has 1 saturated heterocycles. The van der Waals surface area contributed by atoms with E-state index in [9.17, 15) is 4.79 Å². The van der Waals surface area contributed by atoms with Crippen LogP contribution in [-0.2, 0) is 4.74 Å². The third-order valence-corrected chi connectivity index (χ3v) is 4.78. The molecule has 24 heavy (non-hydrogen) atoms. The molecule has 0 spiro atoms. The molecule has 2 rings (SSSR count). The first-order valence-electron chi connectivity index (χ1n) is 7.82. The first-order chi connectivity index (χ1) is 11.2. The van der Waals surface area contributed by atoms with Gasteiger partial charge in [0.1, 0.15) is 11.4 Å². The van der Waals surface area contributed by atoms with Crippen LogP contribution in [0.5, 0.6) is 5.75 Å². The number of benzene rings is 1. The minimum atomic E-state index is -0.549. The second kappa shape index (κ2) is 7.24. The molecule has 1 aliphatic heterocycles. The molecule has 2 atom stereocenters. The highest BCUT2D eigenvalue weighted by atomic mass is 35.5. The fraction of sp³-hybridized carbons (Fsp3) is 0.500. The summed E-state index contributed by atoms with van der Waals surface area (Å²) in [6.45, 7) is 9.85. The van der Waals surface area contributed by atoms with Crippen LogP contribution in [-0.4, -0.2) is 36.3 Å². The Labute approximate surface area is 153 Å². The van der Waals surface area contributed by atoms with E-state index in [0.29, 0.717) is 28.8 Å². The van der Waals surface area contributed by atoms with E-state index < -0.39 is 5.60 Å². The molecule has 1 amide bonds. The maximum Gasteiger partial charge on any atom is 0.410 e. The number of carbonyl (C=O) groups is 1. The molecule has 0 N–H and O–H groups in total. The van der Waals surface area contributed by atoms with Crippen LogP contribution >= 0.6 is 23.2 Å². The molecule has 0 aromatic heterocycles. The van der Waals surface area contributed by atoms with E-state index in [1.807, 2.05) is 20.8 Å². The predicted octanol–water partition coefficient (Wildman–Crippen LogP) is 5.28. The van der Waals surface area contributed by atoms with E-state index >= 15 is 0 Å². The topological polar surface area (TPSA) is 38.8 Å². The van der Waals surface area contributed by atoms with Gasteiger partial charge in [0.25, 0.3) is 0 Å². The maximum absolute atomic E-state index is 12.5. The first kappa shape index (κ1) is 18.9. The Bertz CT molecular complexity index is 640. The van der Waals surface area contributed by atoms with E-state index in [-0.39, 0.29) is 18.1 Å². The first-order valence-corrected chi connectivity index (χ1v) is 8.57. The Morgan fingerprint density at radius 2 is 2.04 bits per heavy atom. The van der Waals surface area contributed by atoms with Crippen LogP contribution in [0, 0.1) is 0 Å². The minimum Gasteiger partial charge on any atom is -0.496 e. The molecule has 1 aliphatic rings. The second-order valence-electron chi connectivity index (χ2n) is 6.85. The van der Waals surface area contributed by atoms with Crippen molar-refractivity contribution in [1.29, 1.82) is 0 Å². The summed E-state index contributed by atoms with van der Waals surface area (Å²) < 4.78 is 10.9. The van der Waals surface area contributed by atoms with Crippen LogP contribution in [0.15, 0.2) is 24.8 Å². The second-order valence-corrected chi connectivity index (χ2v) is 7.63. The number of hydrogen-bond donors (Lipinski definition) is 0. The van der Waals surface area contributed by atoms with Gasteiger partial charge in [0.15, 0.2) is 0 Å². The number of methoxy groups -OCH3 is 1. The zero-order valence-corrected chi connectivity index (χ0v) is 15.9. The zero-order chi connectivity index (χ0) is 18.1. The van der Waals surface area contributed by atoms with Crippen molar-refractivity contribution in [3.05, 3.63) is 40.4 Å². The molecule has 4 nitrogen and oxygen atoms in total. The van der Waals surface area contributed by atoms with Crippen LogP contribution in [0.3, 0.4) is 0 Å². The van der Waals surface area contributed by atoms with Crippen molar-refractivity contribution in [3.8, 4) is 5.75 Å². The largest absolute Gasteiger partial charge is 0.496 e. The quantitative estimate of drug-likeness (QED) is 0.678. The summed E-state index contributed by atoms with van der Waals surface area (Å²) in [4.78, 5) is 14.2. The van der Waals surface area contributed by atoms with Gasteiger partial charge in [-0.25, -0.2) is 4.79 Å². The Hall–Kier alpha value is -1.39. The lowest BCUT2D eigenvalue weighted by Gasteiger charge is -2.27. The number of hydrogen-bond acceptors (Lipinski definition) is 3. The number of carbonyl (C=O) groups excluding carboxylic acids is 1. The summed E-state index contributed by atoms with van der Waals surface area (Å²) in [5, 5.41) is 0.938. The van der Waals surface area contributed by atoms with Gasteiger partial charge in [0.2, 0.25) is 0 Å². The van der Waals surface area contributed by atoms with Gasteiger partial charge < -0.3 is 14.4 Å². The van der Waals surface area contributed by atoms with Crippen molar-refractivity contribution in [3.63, 3.8) is 0 Å². The Kier molecular flexibility index (Phi) is 5.71. The highest BCUT2D eigenvalue weighted by Gasteiger charge is 2.38. The summed E-state index contributed by atoms with van der Waals surface area (Å²) in [6.07, 6.45) is 2.10. The highest BCUT2D eigenvalue weighted by molar-refractivity contribution is 6.42. The maximum atomic E-state index is 12.5. The molecule has 0 saturated carbocycles. The monoisotopic (exact) mass is 371 g/mol. The fourth-order valence-electron chi connectivity index (χ4n) is 2.94. The lowest BCUT2D eigenvalue weighted by atomic mass is 9.95. The smallest absolute Gasteiger partial charge is 0.410 e. The molecule has 0 aliphatic carbocycles. The van der Waals surface area contributed by atoms with Gasteiger partial charge in [0.05, 0.1) is 23.2 Å². The third kappa shape index (κ3) is 3.98. The van der Waals surface area contributed by atoms with Crippen LogP contribution in [0.25, 0.3) is 0 Å². The molecule has 0 bridgehead atoms. The van der Waals surface area contributed by atoms with Gasteiger partial charge in [-0.15, -0.1) is 6.58 Å². The fourth-order valence-corrected chi connectivity index (χ4v) is 3.41. The number of halogens is 2. The Balaban J connectivity index is 2.31. The van der Waals surface area contributed by atoms with E-state index in [1.165, 1.54) is 0 Å². The molecule has 132 valence electrons. The Morgan fingerprint density at radius 1 is 1.38 bits per heavy atom. The number of nitrogens with zero attached hydrogens (tertiary/aromatic N) is 1. The average Bonchev–Trinajstić information content (AvgIpc) is 2.92. The number of rotatable bonds is 3. The predicted molar refractivity (Wildman–Crippen MR) is 97.3 cm³/mol. The molecule has 1 aromatic carbocycles. The molecule has 1 heterocycles. The van der Waals surface area contributed by atoms with Gasteiger partial charge in [-0.05, 0) is 39.3 Å². The lowest BCUT2D eigenvalue weighted by molar-refractivity contribution is 0.0254. The normalized spacial score (nSPS) is 20.8. The van der Waals surface area contributed by atoms with Crippen LogP contribution in [0.4, 0.5) is 4.79 Å². The van der Waals surface area contributed by atoms with Crippen molar-refractivity contribution < 1.29 is 14.3 Å². The molecule has 1 aromatic rings. The summed E-state index contributed by atoms with van der Waals surface area (Å²) in [7, 11) is 1.59. The molecular formula is C18H23Cl2NO3. The van der Waals surface area contributed by atoms with Crippen molar-refractivity contribution in [1.82, 2.24) is 4.90 Å². The van der Waals surface area contributed by atoms with E-state index in [2.05, 4.69) is 6.58 Å². The van der Waals surface area contributed by atoms with Gasteiger partial charge in [0, 0.05) is 18.0 Å². The molecular weight excluding hydrogens is 349 g/mol. The van der Waals surface area contributed by atoms with Crippen molar-refractivity contribution in [2.45, 2.75) is 44.8 Å². The van der Waals surface area contributed by atoms with Gasteiger partial charge in [-0.2, -0.15) is 0 Å². The number of likely N-dealkylation sites (tertiary alicyclic amines) is 1. The van der Waals surface area contributed by atoms with Gasteiger partial charge in [-0.1, -0.05) is 29.3 Å². The number of amides is 1. The summed E-state index contributed by atoms with van der Waals surface area (Å²) >= 11 is 12.6. The summed E-state index contributed by atoms with van der Waals surface area (Å²) in [5.74, 6) is 0.671. The Morgan fingerprint density at radius 3 is 2.58 bits per heavy atom. The molecule has 0 unspecified atom stereocenters. The summed E-state index contributed by atoms with van der Waals surface area (Å²) in [5.41, 5.74) is 0.274. The van der Waals surface area contributed by atoms with Gasteiger partial charge in [-0.3, -0.25) is 0 Å². The zero-order valence-electron chi connectivity index (χ0n) is 14.4. The highest BCUT2D eigenvalue weighted by Crippen LogP contribution is 2.43. The summed E-state index contributed by atoms with van der Waals surface area (Å²) in [6, 6.07) is 3.38. The van der Waals surface area contributed by atoms with E-state index in [4.69, 9.17) is 32.7 Å². The van der Waals surface area contributed by atoms with Crippen LogP contribution in [0.1, 0.15) is 38.7 Å². The average molecular weight is 372 g/mol. The van der Waals surface area contributed by atoms with Crippen LogP contribution < -0.4 is 4.74 Å². The SMILES string of the molecule is C=C[C@@H]1C[C@H](c2c(OC)ccc(Cl)c2Cl)CN1C(=O)OC(C)(C)C. The van der Waals surface area contributed by atoms with Crippen molar-refractivity contribution in [2.24, 2.45) is 0 Å². The number of ether oxygens (including phenoxy) is 2. The molecule has 6 heteroatoms. The minimum absolute atomic E-state index is 0.00154.